The molecule has 2 rings (SSSR count). The highest BCUT2D eigenvalue weighted by Crippen LogP contribution is 2.41. The Hall–Kier alpha value is -0.950. The second-order valence-corrected chi connectivity index (χ2v) is 5.75. The van der Waals surface area contributed by atoms with Gasteiger partial charge in [0.25, 0.3) is 5.91 Å². The standard InChI is InChI=1S/C12H9Cl3N2O/c13-5-9-7-17(11(18)12(9,14)15)10-3-1-2-8(4-10)6-16/h1-4,9H,5,7H2. The largest absolute Gasteiger partial charge is 0.309 e. The van der Waals surface area contributed by atoms with Crippen molar-refractivity contribution in [2.45, 2.75) is 4.33 Å². The minimum Gasteiger partial charge on any atom is -0.309 e. The second-order valence-electron chi connectivity index (χ2n) is 4.05. The summed E-state index contributed by atoms with van der Waals surface area (Å²) in [4.78, 5) is 13.6. The van der Waals surface area contributed by atoms with Crippen molar-refractivity contribution in [1.82, 2.24) is 0 Å². The fourth-order valence-electron chi connectivity index (χ4n) is 1.88. The zero-order valence-corrected chi connectivity index (χ0v) is 11.5. The van der Waals surface area contributed by atoms with Crippen LogP contribution in [0.15, 0.2) is 24.3 Å². The zero-order chi connectivity index (χ0) is 13.3. The Kier molecular flexibility index (Phi) is 3.72. The van der Waals surface area contributed by atoms with Crippen molar-refractivity contribution >= 4 is 46.4 Å². The Morgan fingerprint density at radius 2 is 2.22 bits per heavy atom. The average molecular weight is 304 g/mol. The maximum absolute atomic E-state index is 12.1. The first kappa shape index (κ1) is 13.5. The molecule has 1 amide bonds. The minimum atomic E-state index is -1.50. The summed E-state index contributed by atoms with van der Waals surface area (Å²) in [6, 6.07) is 8.75. The van der Waals surface area contributed by atoms with Crippen LogP contribution in [0.4, 0.5) is 5.69 Å². The first-order valence-electron chi connectivity index (χ1n) is 5.26. The molecule has 18 heavy (non-hydrogen) atoms. The number of alkyl halides is 3. The third kappa shape index (κ3) is 2.16. The summed E-state index contributed by atoms with van der Waals surface area (Å²) in [5.41, 5.74) is 1.08. The molecule has 0 N–H and O–H groups in total. The van der Waals surface area contributed by atoms with Crippen molar-refractivity contribution in [1.29, 1.82) is 5.26 Å². The van der Waals surface area contributed by atoms with Crippen molar-refractivity contribution in [3.05, 3.63) is 29.8 Å². The van der Waals surface area contributed by atoms with Crippen molar-refractivity contribution in [3.63, 3.8) is 0 Å². The Bertz CT molecular complexity index is 524. The van der Waals surface area contributed by atoms with Gasteiger partial charge in [-0.3, -0.25) is 4.79 Å². The number of nitrogens with zero attached hydrogens (tertiary/aromatic N) is 2. The van der Waals surface area contributed by atoms with Gasteiger partial charge in [0.1, 0.15) is 0 Å². The third-order valence-electron chi connectivity index (χ3n) is 2.92. The predicted molar refractivity (Wildman–Crippen MR) is 72.2 cm³/mol. The molecule has 1 fully saturated rings. The molecule has 0 aliphatic carbocycles. The molecule has 1 aliphatic rings. The molecular formula is C12H9Cl3N2O. The predicted octanol–water partition coefficient (Wildman–Crippen LogP) is 2.93. The van der Waals surface area contributed by atoms with E-state index in [1.54, 1.807) is 24.3 Å². The highest BCUT2D eigenvalue weighted by molar-refractivity contribution is 6.60. The lowest BCUT2D eigenvalue weighted by Gasteiger charge is -2.17. The van der Waals surface area contributed by atoms with E-state index in [1.165, 1.54) is 4.90 Å². The summed E-state index contributed by atoms with van der Waals surface area (Å²) in [7, 11) is 0. The Morgan fingerprint density at radius 3 is 2.78 bits per heavy atom. The molecule has 3 nitrogen and oxygen atoms in total. The summed E-state index contributed by atoms with van der Waals surface area (Å²) in [5, 5.41) is 8.84. The summed E-state index contributed by atoms with van der Waals surface area (Å²) >= 11 is 17.8. The van der Waals surface area contributed by atoms with Crippen molar-refractivity contribution < 1.29 is 4.79 Å². The molecule has 0 radical (unpaired) electrons. The SMILES string of the molecule is N#Cc1cccc(N2CC(CCl)C(Cl)(Cl)C2=O)c1. The van der Waals surface area contributed by atoms with Gasteiger partial charge in [-0.15, -0.1) is 11.6 Å². The minimum absolute atomic E-state index is 0.202. The molecule has 1 unspecified atom stereocenters. The van der Waals surface area contributed by atoms with E-state index >= 15 is 0 Å². The van der Waals surface area contributed by atoms with E-state index in [0.717, 1.165) is 0 Å². The Labute approximate surface area is 120 Å². The van der Waals surface area contributed by atoms with Crippen LogP contribution in [0.3, 0.4) is 0 Å². The van der Waals surface area contributed by atoms with E-state index in [4.69, 9.17) is 40.1 Å². The summed E-state index contributed by atoms with van der Waals surface area (Å²) in [5.74, 6) is -0.528. The lowest BCUT2D eigenvalue weighted by molar-refractivity contribution is -0.117. The number of hydrogen-bond donors (Lipinski definition) is 0. The quantitative estimate of drug-likeness (QED) is 0.789. The van der Waals surface area contributed by atoms with Gasteiger partial charge in [0.15, 0.2) is 0 Å². The van der Waals surface area contributed by atoms with E-state index in [2.05, 4.69) is 0 Å². The number of rotatable bonds is 2. The molecule has 94 valence electrons. The van der Waals surface area contributed by atoms with E-state index in [0.29, 0.717) is 17.8 Å². The number of amides is 1. The van der Waals surface area contributed by atoms with Gasteiger partial charge in [-0.05, 0) is 18.2 Å². The second kappa shape index (κ2) is 4.97. The molecule has 1 aromatic rings. The maximum Gasteiger partial charge on any atom is 0.263 e. The molecule has 1 atom stereocenters. The van der Waals surface area contributed by atoms with Crippen LogP contribution in [0.25, 0.3) is 0 Å². The average Bonchev–Trinajstić information content (AvgIpc) is 2.61. The van der Waals surface area contributed by atoms with Gasteiger partial charge in [-0.25, -0.2) is 0 Å². The summed E-state index contributed by atoms with van der Waals surface area (Å²) in [6.45, 7) is 0.351. The van der Waals surface area contributed by atoms with Crippen LogP contribution in [0.5, 0.6) is 0 Å². The van der Waals surface area contributed by atoms with Gasteiger partial charge in [0.05, 0.1) is 11.6 Å². The lowest BCUT2D eigenvalue weighted by Crippen LogP contribution is -2.33. The van der Waals surface area contributed by atoms with E-state index in [-0.39, 0.29) is 11.8 Å². The number of carbonyl (C=O) groups is 1. The smallest absolute Gasteiger partial charge is 0.263 e. The fraction of sp³-hybridized carbons (Fsp3) is 0.333. The number of carbonyl (C=O) groups excluding carboxylic acids is 1. The number of halogens is 3. The maximum atomic E-state index is 12.1. The van der Waals surface area contributed by atoms with Crippen LogP contribution in [-0.2, 0) is 4.79 Å². The summed E-state index contributed by atoms with van der Waals surface area (Å²) < 4.78 is -1.50. The topological polar surface area (TPSA) is 44.1 Å². The summed E-state index contributed by atoms with van der Waals surface area (Å²) in [6.07, 6.45) is 0. The first-order chi connectivity index (χ1) is 8.50. The highest BCUT2D eigenvalue weighted by Gasteiger charge is 2.51. The number of benzene rings is 1. The van der Waals surface area contributed by atoms with Gasteiger partial charge in [-0.2, -0.15) is 5.26 Å². The van der Waals surface area contributed by atoms with Gasteiger partial charge in [-0.1, -0.05) is 29.3 Å². The third-order valence-corrected chi connectivity index (χ3v) is 4.23. The Balaban J connectivity index is 2.36. The molecule has 1 heterocycles. The fourth-order valence-corrected chi connectivity index (χ4v) is 2.87. The first-order valence-corrected chi connectivity index (χ1v) is 6.55. The molecule has 1 aliphatic heterocycles. The van der Waals surface area contributed by atoms with Crippen LogP contribution < -0.4 is 4.90 Å². The van der Waals surface area contributed by atoms with Gasteiger partial charge < -0.3 is 4.90 Å². The zero-order valence-electron chi connectivity index (χ0n) is 9.24. The molecule has 6 heteroatoms. The lowest BCUT2D eigenvalue weighted by atomic mass is 10.1. The number of nitriles is 1. The van der Waals surface area contributed by atoms with Crippen molar-refractivity contribution in [2.24, 2.45) is 5.92 Å². The molecular weight excluding hydrogens is 295 g/mol. The Morgan fingerprint density at radius 1 is 1.50 bits per heavy atom. The van der Waals surface area contributed by atoms with Crippen LogP contribution in [0, 0.1) is 17.2 Å². The number of anilines is 1. The molecule has 1 aromatic carbocycles. The highest BCUT2D eigenvalue weighted by atomic mass is 35.5. The van der Waals surface area contributed by atoms with Gasteiger partial charge >= 0.3 is 0 Å². The molecule has 0 aromatic heterocycles. The van der Waals surface area contributed by atoms with Crippen LogP contribution >= 0.6 is 34.8 Å². The van der Waals surface area contributed by atoms with Crippen LogP contribution in [-0.4, -0.2) is 22.7 Å². The number of hydrogen-bond acceptors (Lipinski definition) is 2. The van der Waals surface area contributed by atoms with Crippen LogP contribution in [0.2, 0.25) is 0 Å². The van der Waals surface area contributed by atoms with Gasteiger partial charge in [0, 0.05) is 24.0 Å². The van der Waals surface area contributed by atoms with Crippen molar-refractivity contribution in [2.75, 3.05) is 17.3 Å². The normalized spacial score (nSPS) is 22.0. The molecule has 0 saturated carbocycles. The monoisotopic (exact) mass is 302 g/mol. The van der Waals surface area contributed by atoms with Gasteiger partial charge in [0.2, 0.25) is 4.33 Å². The molecule has 1 saturated heterocycles. The van der Waals surface area contributed by atoms with E-state index < -0.39 is 10.2 Å². The van der Waals surface area contributed by atoms with E-state index in [1.807, 2.05) is 6.07 Å². The molecule has 0 bridgehead atoms. The van der Waals surface area contributed by atoms with E-state index in [9.17, 15) is 4.79 Å². The van der Waals surface area contributed by atoms with Crippen LogP contribution in [0.1, 0.15) is 5.56 Å². The molecule has 0 spiro atoms. The van der Waals surface area contributed by atoms with Crippen molar-refractivity contribution in [3.8, 4) is 6.07 Å².